The van der Waals surface area contributed by atoms with E-state index in [0.29, 0.717) is 24.9 Å². The molecular formula is C23H22F3N3O2. The van der Waals surface area contributed by atoms with Crippen LogP contribution < -0.4 is 5.43 Å². The number of hydrogen-bond acceptors (Lipinski definition) is 3. The number of hydrazine groups is 1. The molecule has 2 aromatic carbocycles. The van der Waals surface area contributed by atoms with Gasteiger partial charge in [-0.2, -0.15) is 13.2 Å². The summed E-state index contributed by atoms with van der Waals surface area (Å²) in [5.74, 6) is -3.84. The fourth-order valence-corrected chi connectivity index (χ4v) is 4.17. The van der Waals surface area contributed by atoms with Crippen molar-refractivity contribution in [3.8, 4) is 0 Å². The highest BCUT2D eigenvalue weighted by atomic mass is 19.4. The number of amides is 1. The van der Waals surface area contributed by atoms with Crippen LogP contribution in [0.15, 0.2) is 60.8 Å². The Hall–Kier alpha value is -3.13. The van der Waals surface area contributed by atoms with Crippen LogP contribution in [0.2, 0.25) is 0 Å². The number of nitrogens with one attached hydrogen (secondary N) is 2. The number of Topliss-reactive ketones (excluding diaryl/α,β-unsaturated/α-hetero) is 1. The number of H-pyrrole nitrogens is 1. The molecule has 8 heteroatoms. The maximum Gasteiger partial charge on any atom is 0.450 e. The molecule has 0 radical (unpaired) electrons. The van der Waals surface area contributed by atoms with E-state index in [-0.39, 0.29) is 6.54 Å². The number of aromatic amines is 1. The molecule has 0 aliphatic carbocycles. The van der Waals surface area contributed by atoms with Crippen LogP contribution in [0.4, 0.5) is 13.2 Å². The third-order valence-electron chi connectivity index (χ3n) is 5.79. The fourth-order valence-electron chi connectivity index (χ4n) is 4.17. The Morgan fingerprint density at radius 2 is 1.87 bits per heavy atom. The molecule has 0 spiro atoms. The van der Waals surface area contributed by atoms with Gasteiger partial charge in [0.25, 0.3) is 5.91 Å². The quantitative estimate of drug-likeness (QED) is 0.641. The lowest BCUT2D eigenvalue weighted by Gasteiger charge is -2.38. The molecule has 2 atom stereocenters. The molecular weight excluding hydrogens is 407 g/mol. The molecule has 1 aliphatic rings. The van der Waals surface area contributed by atoms with Crippen molar-refractivity contribution < 1.29 is 22.8 Å². The molecule has 5 nitrogen and oxygen atoms in total. The molecule has 162 valence electrons. The third kappa shape index (κ3) is 4.80. The van der Waals surface area contributed by atoms with E-state index in [1.54, 1.807) is 24.4 Å². The summed E-state index contributed by atoms with van der Waals surface area (Å²) in [7, 11) is 0. The van der Waals surface area contributed by atoms with E-state index < -0.39 is 29.7 Å². The Morgan fingerprint density at radius 1 is 1.10 bits per heavy atom. The van der Waals surface area contributed by atoms with Crippen molar-refractivity contribution in [1.82, 2.24) is 15.4 Å². The van der Waals surface area contributed by atoms with Crippen molar-refractivity contribution in [3.05, 3.63) is 71.9 Å². The number of piperidine rings is 1. The summed E-state index contributed by atoms with van der Waals surface area (Å²) in [5, 5.41) is 2.38. The number of rotatable bonds is 5. The summed E-state index contributed by atoms with van der Waals surface area (Å²) in [6.07, 6.45) is -2.39. The maximum absolute atomic E-state index is 13.3. The van der Waals surface area contributed by atoms with Crippen molar-refractivity contribution in [2.24, 2.45) is 11.8 Å². The van der Waals surface area contributed by atoms with Crippen molar-refractivity contribution >= 4 is 22.6 Å². The van der Waals surface area contributed by atoms with Crippen molar-refractivity contribution in [2.45, 2.75) is 19.0 Å². The van der Waals surface area contributed by atoms with Crippen LogP contribution in [-0.4, -0.2) is 40.9 Å². The molecule has 2 N–H and O–H groups in total. The predicted octanol–water partition coefficient (Wildman–Crippen LogP) is 4.12. The lowest BCUT2D eigenvalue weighted by Crippen LogP contribution is -2.54. The minimum absolute atomic E-state index is 0.174. The van der Waals surface area contributed by atoms with Gasteiger partial charge in [-0.1, -0.05) is 36.4 Å². The second-order valence-electron chi connectivity index (χ2n) is 7.87. The van der Waals surface area contributed by atoms with Crippen LogP contribution in [-0.2, 0) is 11.2 Å². The molecule has 1 fully saturated rings. The van der Waals surface area contributed by atoms with Gasteiger partial charge in [-0.15, -0.1) is 0 Å². The Morgan fingerprint density at radius 3 is 2.61 bits per heavy atom. The number of aromatic nitrogens is 1. The van der Waals surface area contributed by atoms with Crippen molar-refractivity contribution in [1.29, 1.82) is 0 Å². The van der Waals surface area contributed by atoms with Gasteiger partial charge in [-0.3, -0.25) is 15.0 Å². The molecule has 1 aliphatic heterocycles. The average Bonchev–Trinajstić information content (AvgIpc) is 3.22. The fraction of sp³-hybridized carbons (Fsp3) is 0.304. The van der Waals surface area contributed by atoms with Gasteiger partial charge in [0.1, 0.15) is 0 Å². The number of hydrogen-bond donors (Lipinski definition) is 2. The second-order valence-corrected chi connectivity index (χ2v) is 7.87. The molecule has 2 unspecified atom stereocenters. The molecule has 0 saturated carbocycles. The highest BCUT2D eigenvalue weighted by molar-refractivity contribution is 5.97. The number of halogens is 3. The number of benzene rings is 2. The first kappa shape index (κ1) is 21.1. The average molecular weight is 429 g/mol. The van der Waals surface area contributed by atoms with Crippen LogP contribution in [0.3, 0.4) is 0 Å². The Kier molecular flexibility index (Phi) is 5.82. The Balaban J connectivity index is 1.48. The zero-order chi connectivity index (χ0) is 22.0. The predicted molar refractivity (Wildman–Crippen MR) is 110 cm³/mol. The zero-order valence-corrected chi connectivity index (χ0v) is 16.7. The van der Waals surface area contributed by atoms with E-state index in [0.717, 1.165) is 16.5 Å². The molecule has 31 heavy (non-hydrogen) atoms. The normalized spacial score (nSPS) is 20.0. The first-order valence-corrected chi connectivity index (χ1v) is 10.1. The largest absolute Gasteiger partial charge is 0.450 e. The van der Waals surface area contributed by atoms with Gasteiger partial charge in [0.2, 0.25) is 5.78 Å². The van der Waals surface area contributed by atoms with Gasteiger partial charge in [0.15, 0.2) is 0 Å². The topological polar surface area (TPSA) is 65.2 Å². The minimum Gasteiger partial charge on any atom is -0.361 e. The summed E-state index contributed by atoms with van der Waals surface area (Å²) in [4.78, 5) is 27.8. The SMILES string of the molecule is O=C(NN1CCC(Cc2ccccc2)C(C(=O)C(F)(F)F)C1)c1ccc2cc[nH]c2c1. The monoisotopic (exact) mass is 429 g/mol. The van der Waals surface area contributed by atoms with Crippen molar-refractivity contribution in [2.75, 3.05) is 13.1 Å². The van der Waals surface area contributed by atoms with Crippen LogP contribution in [0.25, 0.3) is 10.9 Å². The first-order chi connectivity index (χ1) is 14.8. The summed E-state index contributed by atoms with van der Waals surface area (Å²) in [5.41, 5.74) is 4.75. The van der Waals surface area contributed by atoms with E-state index >= 15 is 0 Å². The third-order valence-corrected chi connectivity index (χ3v) is 5.79. The van der Waals surface area contributed by atoms with Gasteiger partial charge < -0.3 is 4.98 Å². The Bertz CT molecular complexity index is 1080. The number of carbonyl (C=O) groups is 2. The van der Waals surface area contributed by atoms with Gasteiger partial charge >= 0.3 is 6.18 Å². The number of ketones is 1. The minimum atomic E-state index is -4.91. The zero-order valence-electron chi connectivity index (χ0n) is 16.7. The van der Waals surface area contributed by atoms with E-state index in [2.05, 4.69) is 10.4 Å². The molecule has 3 aromatic rings. The van der Waals surface area contributed by atoms with E-state index in [1.807, 2.05) is 36.4 Å². The van der Waals surface area contributed by atoms with Crippen LogP contribution in [0.5, 0.6) is 0 Å². The molecule has 1 saturated heterocycles. The standard InChI is InChI=1S/C23H22F3N3O2/c24-23(25,26)21(30)19-14-29(11-9-17(19)12-15-4-2-1-3-5-15)28-22(31)18-7-6-16-8-10-27-20(16)13-18/h1-8,10,13,17,19,27H,9,11-12,14H2,(H,28,31). The summed E-state index contributed by atoms with van der Waals surface area (Å²) in [6, 6.07) is 16.2. The number of nitrogens with zero attached hydrogens (tertiary/aromatic N) is 1. The molecule has 2 heterocycles. The lowest BCUT2D eigenvalue weighted by atomic mass is 9.79. The molecule has 0 bridgehead atoms. The molecule has 4 rings (SSSR count). The Labute approximate surface area is 177 Å². The smallest absolute Gasteiger partial charge is 0.361 e. The van der Waals surface area contributed by atoms with Gasteiger partial charge in [-0.05, 0) is 47.9 Å². The van der Waals surface area contributed by atoms with Crippen molar-refractivity contribution in [3.63, 3.8) is 0 Å². The van der Waals surface area contributed by atoms with Crippen LogP contribution in [0, 0.1) is 11.8 Å². The molecule has 1 aromatic heterocycles. The number of carbonyl (C=O) groups excluding carboxylic acids is 2. The van der Waals surface area contributed by atoms with Gasteiger partial charge in [0.05, 0.1) is 0 Å². The van der Waals surface area contributed by atoms with Crippen LogP contribution >= 0.6 is 0 Å². The summed E-state index contributed by atoms with van der Waals surface area (Å²) >= 11 is 0. The maximum atomic E-state index is 13.3. The van der Waals surface area contributed by atoms with E-state index in [1.165, 1.54) is 5.01 Å². The summed E-state index contributed by atoms with van der Waals surface area (Å²) in [6.45, 7) is 0.196. The lowest BCUT2D eigenvalue weighted by molar-refractivity contribution is -0.179. The second kappa shape index (κ2) is 8.55. The number of alkyl halides is 3. The van der Waals surface area contributed by atoms with Gasteiger partial charge in [-0.25, -0.2) is 5.01 Å². The van der Waals surface area contributed by atoms with E-state index in [4.69, 9.17) is 0 Å². The number of fused-ring (bicyclic) bond motifs is 1. The highest BCUT2D eigenvalue weighted by Crippen LogP contribution is 2.33. The van der Waals surface area contributed by atoms with Crippen LogP contribution in [0.1, 0.15) is 22.3 Å². The first-order valence-electron chi connectivity index (χ1n) is 10.1. The highest BCUT2D eigenvalue weighted by Gasteiger charge is 2.47. The molecule has 1 amide bonds. The van der Waals surface area contributed by atoms with E-state index in [9.17, 15) is 22.8 Å². The van der Waals surface area contributed by atoms with Gasteiger partial charge in [0, 0.05) is 36.3 Å². The summed E-state index contributed by atoms with van der Waals surface area (Å²) < 4.78 is 39.8.